The zero-order chi connectivity index (χ0) is 12.8. The second-order valence-electron chi connectivity index (χ2n) is 4.76. The molecule has 0 saturated carbocycles. The van der Waals surface area contributed by atoms with Crippen LogP contribution in [0.2, 0.25) is 0 Å². The molecule has 0 spiro atoms. The van der Waals surface area contributed by atoms with Gasteiger partial charge in [0.2, 0.25) is 0 Å². The molecule has 0 bridgehead atoms. The molecule has 1 aliphatic rings. The highest BCUT2D eigenvalue weighted by Gasteiger charge is 2.26. The van der Waals surface area contributed by atoms with E-state index in [4.69, 9.17) is 4.74 Å². The summed E-state index contributed by atoms with van der Waals surface area (Å²) in [5.74, 6) is -0.0996. The van der Waals surface area contributed by atoms with Crippen LogP contribution in [-0.2, 0) is 16.0 Å². The molecular formula is C15H21NO2. The summed E-state index contributed by atoms with van der Waals surface area (Å²) >= 11 is 0. The summed E-state index contributed by atoms with van der Waals surface area (Å²) in [5, 5.41) is 0. The Bertz CT molecular complexity index is 377. The lowest BCUT2D eigenvalue weighted by atomic mass is 10.0. The normalized spacial score (nSPS) is 19.9. The molecule has 3 heteroatoms. The van der Waals surface area contributed by atoms with Crippen molar-refractivity contribution < 1.29 is 9.53 Å². The van der Waals surface area contributed by atoms with Gasteiger partial charge in [-0.3, -0.25) is 9.69 Å². The first kappa shape index (κ1) is 13.1. The van der Waals surface area contributed by atoms with Gasteiger partial charge in [0.25, 0.3) is 0 Å². The van der Waals surface area contributed by atoms with Crippen LogP contribution in [0.4, 0.5) is 0 Å². The van der Waals surface area contributed by atoms with E-state index in [0.29, 0.717) is 19.2 Å². The van der Waals surface area contributed by atoms with Gasteiger partial charge in [-0.25, -0.2) is 0 Å². The Balaban J connectivity index is 1.89. The summed E-state index contributed by atoms with van der Waals surface area (Å²) in [5.41, 5.74) is 1.35. The number of carbonyl (C=O) groups excluding carboxylic acids is 1. The average Bonchev–Trinajstić information content (AvgIpc) is 2.78. The van der Waals surface area contributed by atoms with E-state index < -0.39 is 0 Å². The minimum absolute atomic E-state index is 0.0996. The number of esters is 1. The summed E-state index contributed by atoms with van der Waals surface area (Å²) in [6, 6.07) is 11.0. The maximum Gasteiger partial charge on any atom is 0.320 e. The number of benzene rings is 1. The van der Waals surface area contributed by atoms with Crippen molar-refractivity contribution in [1.29, 1.82) is 0 Å². The lowest BCUT2D eigenvalue weighted by molar-refractivity contribution is -0.144. The highest BCUT2D eigenvalue weighted by atomic mass is 16.5. The van der Waals surface area contributed by atoms with Crippen molar-refractivity contribution >= 4 is 5.97 Å². The third-order valence-corrected chi connectivity index (χ3v) is 3.45. The van der Waals surface area contributed by atoms with Gasteiger partial charge in [-0.05, 0) is 38.3 Å². The molecular weight excluding hydrogens is 226 g/mol. The first-order chi connectivity index (χ1) is 8.79. The molecule has 0 N–H and O–H groups in total. The Morgan fingerprint density at radius 1 is 1.39 bits per heavy atom. The second kappa shape index (κ2) is 6.55. The molecule has 18 heavy (non-hydrogen) atoms. The molecule has 1 atom stereocenters. The van der Waals surface area contributed by atoms with E-state index in [1.54, 1.807) is 0 Å². The smallest absolute Gasteiger partial charge is 0.320 e. The van der Waals surface area contributed by atoms with Crippen LogP contribution in [0.1, 0.15) is 25.3 Å². The molecule has 1 heterocycles. The first-order valence-electron chi connectivity index (χ1n) is 6.73. The fourth-order valence-corrected chi connectivity index (χ4v) is 2.59. The minimum Gasteiger partial charge on any atom is -0.465 e. The van der Waals surface area contributed by atoms with Crippen molar-refractivity contribution in [3.8, 4) is 0 Å². The molecule has 0 amide bonds. The Kier molecular flexibility index (Phi) is 4.76. The van der Waals surface area contributed by atoms with E-state index in [1.165, 1.54) is 18.4 Å². The Morgan fingerprint density at radius 2 is 2.17 bits per heavy atom. The molecule has 1 fully saturated rings. The highest BCUT2D eigenvalue weighted by Crippen LogP contribution is 2.20. The third-order valence-electron chi connectivity index (χ3n) is 3.45. The van der Waals surface area contributed by atoms with E-state index in [2.05, 4.69) is 29.2 Å². The molecule has 1 aromatic rings. The summed E-state index contributed by atoms with van der Waals surface area (Å²) < 4.78 is 5.02. The average molecular weight is 247 g/mol. The van der Waals surface area contributed by atoms with Crippen LogP contribution in [0, 0.1) is 0 Å². The van der Waals surface area contributed by atoms with Crippen molar-refractivity contribution in [1.82, 2.24) is 4.90 Å². The van der Waals surface area contributed by atoms with Gasteiger partial charge in [-0.2, -0.15) is 0 Å². The monoisotopic (exact) mass is 247 g/mol. The lowest BCUT2D eigenvalue weighted by Crippen LogP contribution is -2.36. The van der Waals surface area contributed by atoms with Gasteiger partial charge in [-0.15, -0.1) is 0 Å². The van der Waals surface area contributed by atoms with Crippen molar-refractivity contribution in [3.05, 3.63) is 35.9 Å². The van der Waals surface area contributed by atoms with E-state index in [-0.39, 0.29) is 5.97 Å². The number of ether oxygens (including phenoxy) is 1. The van der Waals surface area contributed by atoms with Crippen molar-refractivity contribution in [2.75, 3.05) is 19.7 Å². The molecule has 1 aliphatic heterocycles. The maximum absolute atomic E-state index is 11.5. The largest absolute Gasteiger partial charge is 0.465 e. The molecule has 2 rings (SSSR count). The number of likely N-dealkylation sites (tertiary alicyclic amines) is 1. The van der Waals surface area contributed by atoms with Gasteiger partial charge in [0.1, 0.15) is 0 Å². The zero-order valence-electron chi connectivity index (χ0n) is 11.0. The molecule has 1 aromatic carbocycles. The first-order valence-corrected chi connectivity index (χ1v) is 6.73. The predicted molar refractivity (Wildman–Crippen MR) is 71.4 cm³/mol. The van der Waals surface area contributed by atoms with Crippen molar-refractivity contribution in [3.63, 3.8) is 0 Å². The van der Waals surface area contributed by atoms with Crippen molar-refractivity contribution in [2.24, 2.45) is 0 Å². The van der Waals surface area contributed by atoms with E-state index in [9.17, 15) is 4.79 Å². The van der Waals surface area contributed by atoms with Crippen molar-refractivity contribution in [2.45, 2.75) is 32.2 Å². The van der Waals surface area contributed by atoms with Gasteiger partial charge >= 0.3 is 5.97 Å². The van der Waals surface area contributed by atoms with E-state index >= 15 is 0 Å². The quantitative estimate of drug-likeness (QED) is 0.747. The molecule has 1 unspecified atom stereocenters. The molecule has 0 aliphatic carbocycles. The van der Waals surface area contributed by atoms with Crippen LogP contribution in [0.3, 0.4) is 0 Å². The van der Waals surface area contributed by atoms with Crippen LogP contribution < -0.4 is 0 Å². The SMILES string of the molecule is CCOC(=O)CN1CCCC1Cc1ccccc1. The number of carbonyl (C=O) groups is 1. The number of hydrogen-bond donors (Lipinski definition) is 0. The van der Waals surface area contributed by atoms with Gasteiger partial charge in [-0.1, -0.05) is 30.3 Å². The summed E-state index contributed by atoms with van der Waals surface area (Å²) in [7, 11) is 0. The standard InChI is InChI=1S/C15H21NO2/c1-2-18-15(17)12-16-10-6-9-14(16)11-13-7-4-3-5-8-13/h3-5,7-8,14H,2,6,9-12H2,1H3. The minimum atomic E-state index is -0.0996. The molecule has 98 valence electrons. The van der Waals surface area contributed by atoms with Crippen LogP contribution in [0.15, 0.2) is 30.3 Å². The van der Waals surface area contributed by atoms with Gasteiger partial charge < -0.3 is 4.74 Å². The van der Waals surface area contributed by atoms with Gasteiger partial charge in [0, 0.05) is 6.04 Å². The zero-order valence-corrected chi connectivity index (χ0v) is 11.0. The lowest BCUT2D eigenvalue weighted by Gasteiger charge is -2.23. The number of nitrogens with zero attached hydrogens (tertiary/aromatic N) is 1. The predicted octanol–water partition coefficient (Wildman–Crippen LogP) is 2.26. The Morgan fingerprint density at radius 3 is 2.89 bits per heavy atom. The molecule has 0 aromatic heterocycles. The van der Waals surface area contributed by atoms with Crippen LogP contribution >= 0.6 is 0 Å². The Labute approximate surface area is 109 Å². The highest BCUT2D eigenvalue weighted by molar-refractivity contribution is 5.71. The number of hydrogen-bond acceptors (Lipinski definition) is 3. The van der Waals surface area contributed by atoms with Crippen LogP contribution in [-0.4, -0.2) is 36.6 Å². The Hall–Kier alpha value is -1.35. The summed E-state index contributed by atoms with van der Waals surface area (Å²) in [6.07, 6.45) is 3.38. The van der Waals surface area contributed by atoms with E-state index in [1.807, 2.05) is 13.0 Å². The summed E-state index contributed by atoms with van der Waals surface area (Å²) in [6.45, 7) is 3.76. The van der Waals surface area contributed by atoms with Crippen LogP contribution in [0.5, 0.6) is 0 Å². The van der Waals surface area contributed by atoms with Gasteiger partial charge in [0.15, 0.2) is 0 Å². The molecule has 3 nitrogen and oxygen atoms in total. The second-order valence-corrected chi connectivity index (χ2v) is 4.76. The van der Waals surface area contributed by atoms with E-state index in [0.717, 1.165) is 13.0 Å². The maximum atomic E-state index is 11.5. The van der Waals surface area contributed by atoms with Gasteiger partial charge in [0.05, 0.1) is 13.2 Å². The topological polar surface area (TPSA) is 29.5 Å². The fraction of sp³-hybridized carbons (Fsp3) is 0.533. The number of rotatable bonds is 5. The fourth-order valence-electron chi connectivity index (χ4n) is 2.59. The molecule has 1 saturated heterocycles. The summed E-state index contributed by atoms with van der Waals surface area (Å²) in [4.78, 5) is 13.8. The van der Waals surface area contributed by atoms with Crippen LogP contribution in [0.25, 0.3) is 0 Å². The molecule has 0 radical (unpaired) electrons. The third kappa shape index (κ3) is 3.57.